The van der Waals surface area contributed by atoms with Crippen LogP contribution in [-0.4, -0.2) is 36.0 Å². The molecule has 3 heteroatoms. The van der Waals surface area contributed by atoms with Crippen molar-refractivity contribution in [3.05, 3.63) is 0 Å². The molecular weight excluding hydrogens is 176 g/mol. The van der Waals surface area contributed by atoms with E-state index in [1.807, 2.05) is 18.7 Å². The first kappa shape index (κ1) is 13.4. The monoisotopic (exact) mass is 200 g/mol. The highest BCUT2D eigenvalue weighted by molar-refractivity contribution is 5.75. The van der Waals surface area contributed by atoms with E-state index in [1.165, 1.54) is 0 Å². The first-order valence-corrected chi connectivity index (χ1v) is 5.43. The van der Waals surface area contributed by atoms with Gasteiger partial charge < -0.3 is 10.2 Å². The molecule has 0 bridgehead atoms. The molecule has 0 aromatic carbocycles. The Morgan fingerprint density at radius 2 is 1.86 bits per heavy atom. The van der Waals surface area contributed by atoms with E-state index >= 15 is 0 Å². The number of nitrogens with zero attached hydrogens (tertiary/aromatic N) is 1. The van der Waals surface area contributed by atoms with Crippen molar-refractivity contribution in [2.45, 2.75) is 46.6 Å². The normalized spacial score (nSPS) is 11.5. The number of carbonyl (C=O) groups is 1. The number of hydrogen-bond donors (Lipinski definition) is 1. The molecule has 0 saturated carbocycles. The topological polar surface area (TPSA) is 32.3 Å². The molecule has 1 N–H and O–H groups in total. The van der Waals surface area contributed by atoms with Crippen LogP contribution in [0.15, 0.2) is 0 Å². The van der Waals surface area contributed by atoms with Crippen LogP contribution in [0.5, 0.6) is 0 Å². The number of nitrogens with one attached hydrogen (secondary N) is 1. The molecular formula is C11H24N2O. The smallest absolute Gasteiger partial charge is 0.222 e. The molecule has 0 spiro atoms. The Hall–Kier alpha value is -0.570. The molecule has 0 heterocycles. The van der Waals surface area contributed by atoms with Crippen LogP contribution in [-0.2, 0) is 4.79 Å². The minimum atomic E-state index is 0.134. The van der Waals surface area contributed by atoms with Gasteiger partial charge in [-0.2, -0.15) is 0 Å². The lowest BCUT2D eigenvalue weighted by molar-refractivity contribution is -0.130. The largest absolute Gasteiger partial charge is 0.342 e. The van der Waals surface area contributed by atoms with Crippen molar-refractivity contribution < 1.29 is 4.79 Å². The Morgan fingerprint density at radius 3 is 2.21 bits per heavy atom. The fraction of sp³-hybridized carbons (Fsp3) is 0.909. The maximum absolute atomic E-state index is 11.4. The summed E-state index contributed by atoms with van der Waals surface area (Å²) in [5.74, 6) is 0.239. The Balaban J connectivity index is 3.80. The van der Waals surface area contributed by atoms with Gasteiger partial charge in [0, 0.05) is 31.6 Å². The maximum atomic E-state index is 11.4. The molecule has 3 nitrogen and oxygen atoms in total. The molecule has 0 aromatic rings. The third-order valence-electron chi connectivity index (χ3n) is 2.07. The molecule has 0 rings (SSSR count). The summed E-state index contributed by atoms with van der Waals surface area (Å²) in [6.45, 7) is 12.8. The van der Waals surface area contributed by atoms with E-state index in [2.05, 4.69) is 26.1 Å². The molecule has 0 aromatic heterocycles. The molecule has 0 radical (unpaired) electrons. The van der Waals surface area contributed by atoms with E-state index in [0.29, 0.717) is 6.42 Å². The van der Waals surface area contributed by atoms with E-state index in [4.69, 9.17) is 0 Å². The lowest BCUT2D eigenvalue weighted by Crippen LogP contribution is -2.42. The fourth-order valence-corrected chi connectivity index (χ4v) is 1.25. The Bertz CT molecular complexity index is 173. The van der Waals surface area contributed by atoms with E-state index in [1.54, 1.807) is 0 Å². The second kappa shape index (κ2) is 6.02. The molecule has 0 fully saturated rings. The predicted molar refractivity (Wildman–Crippen MR) is 60.3 cm³/mol. The minimum Gasteiger partial charge on any atom is -0.342 e. The van der Waals surface area contributed by atoms with Crippen LogP contribution in [0.25, 0.3) is 0 Å². The average Bonchev–Trinajstić information content (AvgIpc) is 2.09. The summed E-state index contributed by atoms with van der Waals surface area (Å²) in [5, 5.41) is 3.37. The zero-order valence-corrected chi connectivity index (χ0v) is 10.2. The number of hydrogen-bond acceptors (Lipinski definition) is 2. The summed E-state index contributed by atoms with van der Waals surface area (Å²) < 4.78 is 0. The van der Waals surface area contributed by atoms with E-state index in [9.17, 15) is 4.79 Å². The van der Waals surface area contributed by atoms with Crippen molar-refractivity contribution in [2.24, 2.45) is 0 Å². The summed E-state index contributed by atoms with van der Waals surface area (Å²) in [4.78, 5) is 13.3. The number of rotatable bonds is 5. The molecule has 0 aliphatic rings. The van der Waals surface area contributed by atoms with Crippen LogP contribution >= 0.6 is 0 Å². The molecule has 0 unspecified atom stereocenters. The SMILES string of the molecule is CCC(=O)N(CC)CCNC(C)(C)C. The molecule has 0 atom stereocenters. The van der Waals surface area contributed by atoms with Crippen LogP contribution in [0.2, 0.25) is 0 Å². The Kier molecular flexibility index (Phi) is 5.77. The number of likely N-dealkylation sites (N-methyl/N-ethyl adjacent to an activating group) is 1. The highest BCUT2D eigenvalue weighted by Crippen LogP contribution is 1.98. The van der Waals surface area contributed by atoms with Gasteiger partial charge in [0.2, 0.25) is 5.91 Å². The third kappa shape index (κ3) is 5.97. The van der Waals surface area contributed by atoms with E-state index < -0.39 is 0 Å². The summed E-state index contributed by atoms with van der Waals surface area (Å²) in [5.41, 5.74) is 0.134. The van der Waals surface area contributed by atoms with Gasteiger partial charge >= 0.3 is 0 Å². The fourth-order valence-electron chi connectivity index (χ4n) is 1.25. The summed E-state index contributed by atoms with van der Waals surface area (Å²) in [6, 6.07) is 0. The first-order chi connectivity index (χ1) is 6.40. The molecule has 1 amide bonds. The van der Waals surface area contributed by atoms with Crippen molar-refractivity contribution in [1.82, 2.24) is 10.2 Å². The molecule has 0 saturated heterocycles. The van der Waals surface area contributed by atoms with Gasteiger partial charge in [-0.1, -0.05) is 6.92 Å². The van der Waals surface area contributed by atoms with Gasteiger partial charge in [0.15, 0.2) is 0 Å². The van der Waals surface area contributed by atoms with Crippen LogP contribution in [0.1, 0.15) is 41.0 Å². The van der Waals surface area contributed by atoms with Gasteiger partial charge in [-0.3, -0.25) is 4.79 Å². The zero-order valence-electron chi connectivity index (χ0n) is 10.2. The highest BCUT2D eigenvalue weighted by atomic mass is 16.2. The number of carbonyl (C=O) groups excluding carboxylic acids is 1. The summed E-state index contributed by atoms with van der Waals surface area (Å²) in [6.07, 6.45) is 0.601. The minimum absolute atomic E-state index is 0.134. The van der Waals surface area contributed by atoms with E-state index in [0.717, 1.165) is 19.6 Å². The molecule has 84 valence electrons. The van der Waals surface area contributed by atoms with Crippen LogP contribution < -0.4 is 5.32 Å². The second-order valence-electron chi connectivity index (χ2n) is 4.50. The van der Waals surface area contributed by atoms with Gasteiger partial charge in [-0.05, 0) is 27.7 Å². The first-order valence-electron chi connectivity index (χ1n) is 5.43. The van der Waals surface area contributed by atoms with Crippen molar-refractivity contribution in [2.75, 3.05) is 19.6 Å². The van der Waals surface area contributed by atoms with E-state index in [-0.39, 0.29) is 11.4 Å². The van der Waals surface area contributed by atoms with Crippen molar-refractivity contribution in [3.63, 3.8) is 0 Å². The number of amides is 1. The van der Waals surface area contributed by atoms with Crippen LogP contribution in [0.4, 0.5) is 0 Å². The summed E-state index contributed by atoms with van der Waals surface area (Å²) in [7, 11) is 0. The van der Waals surface area contributed by atoms with Gasteiger partial charge in [0.25, 0.3) is 0 Å². The third-order valence-corrected chi connectivity index (χ3v) is 2.07. The molecule has 14 heavy (non-hydrogen) atoms. The highest BCUT2D eigenvalue weighted by Gasteiger charge is 2.11. The van der Waals surface area contributed by atoms with Crippen molar-refractivity contribution in [1.29, 1.82) is 0 Å². The molecule has 0 aliphatic heterocycles. The second-order valence-corrected chi connectivity index (χ2v) is 4.50. The van der Waals surface area contributed by atoms with Crippen LogP contribution in [0.3, 0.4) is 0 Å². The lowest BCUT2D eigenvalue weighted by atomic mass is 10.1. The van der Waals surface area contributed by atoms with Gasteiger partial charge in [0.05, 0.1) is 0 Å². The Morgan fingerprint density at radius 1 is 1.29 bits per heavy atom. The zero-order chi connectivity index (χ0) is 11.2. The average molecular weight is 200 g/mol. The predicted octanol–water partition coefficient (Wildman–Crippen LogP) is 1.63. The maximum Gasteiger partial charge on any atom is 0.222 e. The van der Waals surface area contributed by atoms with Gasteiger partial charge in [-0.15, -0.1) is 0 Å². The molecule has 0 aliphatic carbocycles. The quantitative estimate of drug-likeness (QED) is 0.731. The van der Waals surface area contributed by atoms with Crippen molar-refractivity contribution >= 4 is 5.91 Å². The van der Waals surface area contributed by atoms with Gasteiger partial charge in [-0.25, -0.2) is 0 Å². The lowest BCUT2D eigenvalue weighted by Gasteiger charge is -2.25. The summed E-state index contributed by atoms with van der Waals surface area (Å²) >= 11 is 0. The standard InChI is InChI=1S/C11H24N2O/c1-6-10(14)13(7-2)9-8-12-11(3,4)5/h12H,6-9H2,1-5H3. The Labute approximate surface area is 87.9 Å². The van der Waals surface area contributed by atoms with Crippen molar-refractivity contribution in [3.8, 4) is 0 Å². The van der Waals surface area contributed by atoms with Gasteiger partial charge in [0.1, 0.15) is 0 Å². The van der Waals surface area contributed by atoms with Crippen LogP contribution in [0, 0.1) is 0 Å².